The van der Waals surface area contributed by atoms with Crippen molar-refractivity contribution >= 4 is 34.1 Å². The highest BCUT2D eigenvalue weighted by Gasteiger charge is 2.10. The number of rotatable bonds is 2. The van der Waals surface area contributed by atoms with Crippen LogP contribution in [0.3, 0.4) is 0 Å². The van der Waals surface area contributed by atoms with E-state index in [0.717, 1.165) is 5.39 Å². The maximum absolute atomic E-state index is 12.3. The van der Waals surface area contributed by atoms with E-state index in [1.807, 2.05) is 12.1 Å². The number of hydrogen-bond donors (Lipinski definition) is 1. The van der Waals surface area contributed by atoms with Crippen LogP contribution in [0.25, 0.3) is 10.9 Å². The monoisotopic (exact) mass is 307 g/mol. The van der Waals surface area contributed by atoms with Gasteiger partial charge in [0.05, 0.1) is 27.9 Å². The van der Waals surface area contributed by atoms with Gasteiger partial charge in [-0.15, -0.1) is 0 Å². The summed E-state index contributed by atoms with van der Waals surface area (Å²) in [4.78, 5) is 16.5. The maximum atomic E-state index is 12.3. The number of carbonyl (C=O) groups is 1. The van der Waals surface area contributed by atoms with E-state index in [1.54, 1.807) is 48.7 Å². The number of nitrogens with zero attached hydrogens (tertiary/aromatic N) is 2. The van der Waals surface area contributed by atoms with E-state index in [2.05, 4.69) is 10.3 Å². The molecule has 0 fully saturated rings. The second kappa shape index (κ2) is 5.84. The zero-order valence-corrected chi connectivity index (χ0v) is 12.1. The lowest BCUT2D eigenvalue weighted by Gasteiger charge is -2.09. The number of aromatic nitrogens is 1. The summed E-state index contributed by atoms with van der Waals surface area (Å²) in [6.07, 6.45) is 1.65. The molecule has 3 rings (SSSR count). The standard InChI is InChI=1S/C17H10ClN3O/c18-14-7-8-15(13-2-1-9-20-16(13)14)21-17(22)12-5-3-11(10-19)4-6-12/h1-9H,(H,21,22). The van der Waals surface area contributed by atoms with Crippen LogP contribution in [0, 0.1) is 11.3 Å². The number of anilines is 1. The molecule has 4 nitrogen and oxygen atoms in total. The van der Waals surface area contributed by atoms with Crippen molar-refractivity contribution in [2.45, 2.75) is 0 Å². The Balaban J connectivity index is 1.94. The van der Waals surface area contributed by atoms with Gasteiger partial charge in [0.1, 0.15) is 0 Å². The number of carbonyl (C=O) groups excluding carboxylic acids is 1. The van der Waals surface area contributed by atoms with E-state index in [1.165, 1.54) is 0 Å². The van der Waals surface area contributed by atoms with Crippen LogP contribution < -0.4 is 5.32 Å². The Morgan fingerprint density at radius 3 is 2.64 bits per heavy atom. The fraction of sp³-hybridized carbons (Fsp3) is 0. The fourth-order valence-electron chi connectivity index (χ4n) is 2.14. The van der Waals surface area contributed by atoms with Gasteiger partial charge in [0.25, 0.3) is 5.91 Å². The van der Waals surface area contributed by atoms with Crippen LogP contribution in [0.4, 0.5) is 5.69 Å². The summed E-state index contributed by atoms with van der Waals surface area (Å²) in [7, 11) is 0. The average Bonchev–Trinajstić information content (AvgIpc) is 2.57. The average molecular weight is 308 g/mol. The van der Waals surface area contributed by atoms with E-state index in [0.29, 0.717) is 27.4 Å². The van der Waals surface area contributed by atoms with Crippen LogP contribution in [0.2, 0.25) is 5.02 Å². The molecule has 22 heavy (non-hydrogen) atoms. The second-order valence-electron chi connectivity index (χ2n) is 4.64. The van der Waals surface area contributed by atoms with Gasteiger partial charge in [0.2, 0.25) is 0 Å². The Morgan fingerprint density at radius 2 is 1.91 bits per heavy atom. The molecular weight excluding hydrogens is 298 g/mol. The highest BCUT2D eigenvalue weighted by Crippen LogP contribution is 2.28. The number of halogens is 1. The summed E-state index contributed by atoms with van der Waals surface area (Å²) in [6, 6.07) is 15.5. The molecule has 0 aliphatic rings. The van der Waals surface area contributed by atoms with Crippen molar-refractivity contribution in [2.75, 3.05) is 5.32 Å². The van der Waals surface area contributed by atoms with E-state index in [4.69, 9.17) is 16.9 Å². The first-order chi connectivity index (χ1) is 10.7. The number of pyridine rings is 1. The van der Waals surface area contributed by atoms with Gasteiger partial charge in [-0.05, 0) is 48.5 Å². The Hall–Kier alpha value is -2.90. The van der Waals surface area contributed by atoms with E-state index in [9.17, 15) is 4.79 Å². The zero-order valence-electron chi connectivity index (χ0n) is 11.4. The fourth-order valence-corrected chi connectivity index (χ4v) is 2.35. The van der Waals surface area contributed by atoms with Gasteiger partial charge in [0.15, 0.2) is 0 Å². The molecule has 0 unspecified atom stereocenters. The molecule has 0 aliphatic heterocycles. The van der Waals surface area contributed by atoms with Crippen molar-refractivity contribution in [2.24, 2.45) is 0 Å². The molecule has 0 spiro atoms. The summed E-state index contributed by atoms with van der Waals surface area (Å²) in [6.45, 7) is 0. The van der Waals surface area contributed by atoms with Gasteiger partial charge in [-0.2, -0.15) is 5.26 Å². The van der Waals surface area contributed by atoms with Gasteiger partial charge in [-0.1, -0.05) is 11.6 Å². The predicted molar refractivity (Wildman–Crippen MR) is 85.9 cm³/mol. The minimum absolute atomic E-state index is 0.253. The highest BCUT2D eigenvalue weighted by molar-refractivity contribution is 6.35. The van der Waals surface area contributed by atoms with E-state index in [-0.39, 0.29) is 5.91 Å². The van der Waals surface area contributed by atoms with Crippen LogP contribution in [0.5, 0.6) is 0 Å². The molecule has 1 aromatic heterocycles. The molecule has 1 heterocycles. The van der Waals surface area contributed by atoms with Gasteiger partial charge in [0, 0.05) is 17.1 Å². The molecule has 1 N–H and O–H groups in total. The third kappa shape index (κ3) is 2.62. The molecule has 0 aliphatic carbocycles. The number of fused-ring (bicyclic) bond motifs is 1. The molecule has 3 aromatic rings. The molecule has 106 valence electrons. The Kier molecular flexibility index (Phi) is 3.73. The summed E-state index contributed by atoms with van der Waals surface area (Å²) in [5, 5.41) is 12.9. The Morgan fingerprint density at radius 1 is 1.14 bits per heavy atom. The van der Waals surface area contributed by atoms with Crippen LogP contribution >= 0.6 is 11.6 Å². The topological polar surface area (TPSA) is 65.8 Å². The van der Waals surface area contributed by atoms with Crippen molar-refractivity contribution in [3.05, 3.63) is 70.9 Å². The van der Waals surface area contributed by atoms with Crippen LogP contribution in [0.15, 0.2) is 54.7 Å². The Bertz CT molecular complexity index is 898. The lowest BCUT2D eigenvalue weighted by Crippen LogP contribution is -2.12. The maximum Gasteiger partial charge on any atom is 0.255 e. The lowest BCUT2D eigenvalue weighted by molar-refractivity contribution is 0.102. The first-order valence-electron chi connectivity index (χ1n) is 6.54. The van der Waals surface area contributed by atoms with Crippen LogP contribution in [-0.4, -0.2) is 10.9 Å². The molecule has 1 amide bonds. The van der Waals surface area contributed by atoms with Gasteiger partial charge in [-0.3, -0.25) is 9.78 Å². The number of nitriles is 1. The summed E-state index contributed by atoms with van der Waals surface area (Å²) >= 11 is 6.11. The number of benzene rings is 2. The van der Waals surface area contributed by atoms with Gasteiger partial charge < -0.3 is 5.32 Å². The third-order valence-electron chi connectivity index (χ3n) is 3.24. The lowest BCUT2D eigenvalue weighted by atomic mass is 10.1. The predicted octanol–water partition coefficient (Wildman–Crippen LogP) is 4.01. The third-order valence-corrected chi connectivity index (χ3v) is 3.55. The van der Waals surface area contributed by atoms with Crippen molar-refractivity contribution in [3.8, 4) is 6.07 Å². The largest absolute Gasteiger partial charge is 0.321 e. The molecule has 5 heteroatoms. The van der Waals surface area contributed by atoms with E-state index >= 15 is 0 Å². The molecule has 0 saturated heterocycles. The van der Waals surface area contributed by atoms with Crippen molar-refractivity contribution in [1.29, 1.82) is 5.26 Å². The Labute approximate surface area is 132 Å². The first-order valence-corrected chi connectivity index (χ1v) is 6.91. The number of hydrogen-bond acceptors (Lipinski definition) is 3. The normalized spacial score (nSPS) is 10.2. The summed E-state index contributed by atoms with van der Waals surface area (Å²) in [5.41, 5.74) is 2.27. The highest BCUT2D eigenvalue weighted by atomic mass is 35.5. The molecular formula is C17H10ClN3O. The molecule has 0 saturated carbocycles. The SMILES string of the molecule is N#Cc1ccc(C(=O)Nc2ccc(Cl)c3ncccc23)cc1. The number of nitrogens with one attached hydrogen (secondary N) is 1. The van der Waals surface area contributed by atoms with E-state index < -0.39 is 0 Å². The van der Waals surface area contributed by atoms with Crippen molar-refractivity contribution < 1.29 is 4.79 Å². The number of amides is 1. The second-order valence-corrected chi connectivity index (χ2v) is 5.04. The minimum atomic E-state index is -0.253. The van der Waals surface area contributed by atoms with Gasteiger partial charge >= 0.3 is 0 Å². The minimum Gasteiger partial charge on any atom is -0.321 e. The van der Waals surface area contributed by atoms with Gasteiger partial charge in [-0.25, -0.2) is 0 Å². The van der Waals surface area contributed by atoms with Crippen molar-refractivity contribution in [3.63, 3.8) is 0 Å². The molecule has 0 bridgehead atoms. The van der Waals surface area contributed by atoms with Crippen molar-refractivity contribution in [1.82, 2.24) is 4.98 Å². The first kappa shape index (κ1) is 14.1. The zero-order chi connectivity index (χ0) is 15.5. The molecule has 0 radical (unpaired) electrons. The van der Waals surface area contributed by atoms with Crippen LogP contribution in [0.1, 0.15) is 15.9 Å². The summed E-state index contributed by atoms with van der Waals surface area (Å²) in [5.74, 6) is -0.253. The van der Waals surface area contributed by atoms with Crippen LogP contribution in [-0.2, 0) is 0 Å². The molecule has 2 aromatic carbocycles. The molecule has 0 atom stereocenters. The summed E-state index contributed by atoms with van der Waals surface area (Å²) < 4.78 is 0. The quantitative estimate of drug-likeness (QED) is 0.778. The smallest absolute Gasteiger partial charge is 0.255 e.